The predicted octanol–water partition coefficient (Wildman–Crippen LogP) is 4.00. The molecule has 0 spiro atoms. The first-order chi connectivity index (χ1) is 12.6. The number of aliphatic hydroxyl groups is 1. The van der Waals surface area contributed by atoms with Gasteiger partial charge in [-0.15, -0.1) is 0 Å². The van der Waals surface area contributed by atoms with Gasteiger partial charge in [-0.05, 0) is 48.9 Å². The van der Waals surface area contributed by atoms with E-state index in [-0.39, 0.29) is 10.5 Å². The third-order valence-electron chi connectivity index (χ3n) is 5.60. The molecule has 0 aliphatic carbocycles. The Morgan fingerprint density at radius 3 is 2.42 bits per heavy atom. The molecular formula is C22H26O3S. The summed E-state index contributed by atoms with van der Waals surface area (Å²) in [5.41, 5.74) is 1.49. The zero-order valence-corrected chi connectivity index (χ0v) is 15.8. The number of benzene rings is 2. The second-order valence-electron chi connectivity index (χ2n) is 7.73. The molecule has 2 heterocycles. The van der Waals surface area contributed by atoms with Gasteiger partial charge in [0.2, 0.25) is 0 Å². The molecule has 2 aliphatic heterocycles. The first-order valence-corrected chi connectivity index (χ1v) is 10.8. The number of fused-ring (bicyclic) bond motifs is 2. The van der Waals surface area contributed by atoms with Crippen LogP contribution < -0.4 is 4.74 Å². The van der Waals surface area contributed by atoms with Crippen LogP contribution in [0.1, 0.15) is 43.2 Å². The van der Waals surface area contributed by atoms with Crippen molar-refractivity contribution in [1.82, 2.24) is 0 Å². The van der Waals surface area contributed by atoms with Crippen molar-refractivity contribution in [1.29, 1.82) is 0 Å². The summed E-state index contributed by atoms with van der Waals surface area (Å²) < 4.78 is 18.3. The highest BCUT2D eigenvalue weighted by molar-refractivity contribution is 7.86. The van der Waals surface area contributed by atoms with Crippen molar-refractivity contribution in [3.05, 3.63) is 65.7 Å². The summed E-state index contributed by atoms with van der Waals surface area (Å²) in [7, 11) is -0.754. The Balaban J connectivity index is 1.43. The first-order valence-electron chi connectivity index (χ1n) is 9.49. The summed E-state index contributed by atoms with van der Waals surface area (Å²) in [5, 5.41) is 11.5. The van der Waals surface area contributed by atoms with Crippen LogP contribution in [0.25, 0.3) is 0 Å². The zero-order chi connectivity index (χ0) is 18.0. The molecule has 26 heavy (non-hydrogen) atoms. The molecule has 0 amide bonds. The van der Waals surface area contributed by atoms with Gasteiger partial charge in [0, 0.05) is 27.7 Å². The average Bonchev–Trinajstić information content (AvgIpc) is 2.63. The Hall–Kier alpha value is -1.65. The summed E-state index contributed by atoms with van der Waals surface area (Å²) in [6.45, 7) is 0.539. The van der Waals surface area contributed by atoms with E-state index in [2.05, 4.69) is 6.07 Å². The van der Waals surface area contributed by atoms with E-state index in [9.17, 15) is 9.32 Å². The highest BCUT2D eigenvalue weighted by Gasteiger charge is 2.45. The molecule has 2 aromatic rings. The molecule has 0 aromatic heterocycles. The van der Waals surface area contributed by atoms with E-state index in [1.165, 1.54) is 0 Å². The SMILES string of the molecule is O=S1C2CCCC1CC(O)(Cc1cccc(OCc3ccccc3)c1)C2. The average molecular weight is 371 g/mol. The van der Waals surface area contributed by atoms with E-state index < -0.39 is 16.4 Å². The molecule has 138 valence electrons. The summed E-state index contributed by atoms with van der Waals surface area (Å²) in [6, 6.07) is 18.1. The lowest BCUT2D eigenvalue weighted by atomic mass is 9.81. The fourth-order valence-corrected chi connectivity index (χ4v) is 6.68. The van der Waals surface area contributed by atoms with E-state index >= 15 is 0 Å². The molecule has 0 saturated carbocycles. The lowest BCUT2D eigenvalue weighted by Crippen LogP contribution is -2.50. The van der Waals surface area contributed by atoms with Crippen LogP contribution >= 0.6 is 0 Å². The molecule has 0 radical (unpaired) electrons. The third kappa shape index (κ3) is 4.02. The van der Waals surface area contributed by atoms with Crippen LogP contribution in [-0.4, -0.2) is 25.4 Å². The molecule has 2 fully saturated rings. The van der Waals surface area contributed by atoms with E-state index in [4.69, 9.17) is 4.74 Å². The fraction of sp³-hybridized carbons (Fsp3) is 0.455. The minimum atomic E-state index is -0.754. The molecule has 2 saturated heterocycles. The van der Waals surface area contributed by atoms with Crippen LogP contribution in [0.5, 0.6) is 5.75 Å². The highest BCUT2D eigenvalue weighted by atomic mass is 32.2. The van der Waals surface area contributed by atoms with Gasteiger partial charge >= 0.3 is 0 Å². The molecular weight excluding hydrogens is 344 g/mol. The van der Waals surface area contributed by atoms with Gasteiger partial charge in [-0.3, -0.25) is 4.21 Å². The van der Waals surface area contributed by atoms with Gasteiger partial charge in [0.05, 0.1) is 5.60 Å². The standard InChI is InChI=1S/C22H26O3S/c23-22(14-20-10-5-11-21(15-22)26(20)24)13-18-8-4-9-19(12-18)25-16-17-6-2-1-3-7-17/h1-4,6-9,12,20-21,23H,5,10-11,13-16H2. The van der Waals surface area contributed by atoms with Crippen LogP contribution in [0.15, 0.2) is 54.6 Å². The monoisotopic (exact) mass is 370 g/mol. The molecule has 3 nitrogen and oxygen atoms in total. The van der Waals surface area contributed by atoms with E-state index in [1.54, 1.807) is 0 Å². The molecule has 2 aliphatic rings. The van der Waals surface area contributed by atoms with E-state index in [1.807, 2.05) is 48.5 Å². The third-order valence-corrected chi connectivity index (χ3v) is 7.72. The molecule has 4 rings (SSSR count). The van der Waals surface area contributed by atoms with Crippen molar-refractivity contribution in [2.45, 2.75) is 61.2 Å². The fourth-order valence-electron chi connectivity index (χ4n) is 4.39. The maximum atomic E-state index is 12.4. The van der Waals surface area contributed by atoms with Crippen LogP contribution in [0, 0.1) is 0 Å². The maximum absolute atomic E-state index is 12.4. The Kier molecular flexibility index (Phi) is 5.14. The minimum absolute atomic E-state index is 0.171. The summed E-state index contributed by atoms with van der Waals surface area (Å²) in [6.07, 6.45) is 5.06. The van der Waals surface area contributed by atoms with Crippen molar-refractivity contribution in [2.24, 2.45) is 0 Å². The molecule has 1 N–H and O–H groups in total. The van der Waals surface area contributed by atoms with Gasteiger partial charge in [0.15, 0.2) is 0 Å². The summed E-state index contributed by atoms with van der Waals surface area (Å²) in [4.78, 5) is 0. The van der Waals surface area contributed by atoms with Gasteiger partial charge in [-0.25, -0.2) is 0 Å². The Labute approximate surface area is 157 Å². The summed E-state index contributed by atoms with van der Waals surface area (Å²) >= 11 is 0. The second kappa shape index (κ2) is 7.53. The number of rotatable bonds is 5. The van der Waals surface area contributed by atoms with Gasteiger partial charge < -0.3 is 9.84 Å². The smallest absolute Gasteiger partial charge is 0.120 e. The first kappa shape index (κ1) is 17.7. The lowest BCUT2D eigenvalue weighted by molar-refractivity contribution is 0.0114. The van der Waals surface area contributed by atoms with E-state index in [0.29, 0.717) is 25.9 Å². The number of ether oxygens (including phenoxy) is 1. The van der Waals surface area contributed by atoms with Crippen LogP contribution in [0.3, 0.4) is 0 Å². The topological polar surface area (TPSA) is 46.5 Å². The Morgan fingerprint density at radius 2 is 1.69 bits per heavy atom. The van der Waals surface area contributed by atoms with Crippen molar-refractivity contribution in [3.63, 3.8) is 0 Å². The molecule has 2 atom stereocenters. The molecule has 2 aromatic carbocycles. The largest absolute Gasteiger partial charge is 0.489 e. The lowest BCUT2D eigenvalue weighted by Gasteiger charge is -2.43. The minimum Gasteiger partial charge on any atom is -0.489 e. The van der Waals surface area contributed by atoms with Crippen LogP contribution in [-0.2, 0) is 23.8 Å². The number of hydrogen-bond donors (Lipinski definition) is 1. The van der Waals surface area contributed by atoms with Gasteiger partial charge in [0.1, 0.15) is 12.4 Å². The molecule has 2 unspecified atom stereocenters. The maximum Gasteiger partial charge on any atom is 0.120 e. The van der Waals surface area contributed by atoms with Crippen LogP contribution in [0.4, 0.5) is 0 Å². The quantitative estimate of drug-likeness (QED) is 0.865. The predicted molar refractivity (Wildman–Crippen MR) is 105 cm³/mol. The molecule has 2 bridgehead atoms. The molecule has 4 heteroatoms. The van der Waals surface area contributed by atoms with Gasteiger partial charge in [0.25, 0.3) is 0 Å². The van der Waals surface area contributed by atoms with Crippen molar-refractivity contribution in [2.75, 3.05) is 0 Å². The van der Waals surface area contributed by atoms with Crippen LogP contribution in [0.2, 0.25) is 0 Å². The van der Waals surface area contributed by atoms with Crippen molar-refractivity contribution >= 4 is 10.8 Å². The Bertz CT molecular complexity index is 758. The Morgan fingerprint density at radius 1 is 1.00 bits per heavy atom. The van der Waals surface area contributed by atoms with Gasteiger partial charge in [-0.1, -0.05) is 48.9 Å². The zero-order valence-electron chi connectivity index (χ0n) is 15.0. The second-order valence-corrected chi connectivity index (χ2v) is 9.72. The summed E-state index contributed by atoms with van der Waals surface area (Å²) in [5.74, 6) is 0.828. The van der Waals surface area contributed by atoms with E-state index in [0.717, 1.165) is 36.1 Å². The normalized spacial score (nSPS) is 30.7. The van der Waals surface area contributed by atoms with Crippen molar-refractivity contribution in [3.8, 4) is 5.75 Å². The number of hydrogen-bond acceptors (Lipinski definition) is 3. The highest BCUT2D eigenvalue weighted by Crippen LogP contribution is 2.40. The van der Waals surface area contributed by atoms with Crippen molar-refractivity contribution < 1.29 is 14.1 Å². The van der Waals surface area contributed by atoms with Gasteiger partial charge in [-0.2, -0.15) is 0 Å².